The van der Waals surface area contributed by atoms with E-state index < -0.39 is 0 Å². The molecule has 5 nitrogen and oxygen atoms in total. The fourth-order valence-corrected chi connectivity index (χ4v) is 5.03. The summed E-state index contributed by atoms with van der Waals surface area (Å²) in [5.41, 5.74) is 3.63. The van der Waals surface area contributed by atoms with E-state index in [4.69, 9.17) is 4.74 Å². The van der Waals surface area contributed by atoms with Crippen LogP contribution in [-0.4, -0.2) is 42.1 Å². The molecular weight excluding hydrogens is 350 g/mol. The summed E-state index contributed by atoms with van der Waals surface area (Å²) in [5.74, 6) is 0.0755. The quantitative estimate of drug-likeness (QED) is 0.867. The first-order chi connectivity index (χ1) is 13.7. The number of carbonyl (C=O) groups is 1. The van der Waals surface area contributed by atoms with Gasteiger partial charge in [0.1, 0.15) is 0 Å². The number of piperidine rings is 1. The molecule has 1 aromatic carbocycles. The van der Waals surface area contributed by atoms with E-state index in [1.807, 2.05) is 25.3 Å². The molecule has 5 heteroatoms. The maximum Gasteiger partial charge on any atom is 0.220 e. The Morgan fingerprint density at radius 1 is 1.21 bits per heavy atom. The van der Waals surface area contributed by atoms with E-state index in [1.165, 1.54) is 11.1 Å². The summed E-state index contributed by atoms with van der Waals surface area (Å²) >= 11 is 0. The van der Waals surface area contributed by atoms with Crippen molar-refractivity contribution in [3.63, 3.8) is 0 Å². The van der Waals surface area contributed by atoms with Gasteiger partial charge in [0.15, 0.2) is 0 Å². The predicted molar refractivity (Wildman–Crippen MR) is 109 cm³/mol. The van der Waals surface area contributed by atoms with Crippen LogP contribution in [0.15, 0.2) is 48.7 Å². The van der Waals surface area contributed by atoms with Gasteiger partial charge >= 0.3 is 0 Å². The lowest BCUT2D eigenvalue weighted by atomic mass is 9.72. The van der Waals surface area contributed by atoms with Gasteiger partial charge in [0, 0.05) is 31.7 Å². The van der Waals surface area contributed by atoms with E-state index in [2.05, 4.69) is 45.5 Å². The van der Waals surface area contributed by atoms with Crippen LogP contribution in [0.2, 0.25) is 0 Å². The predicted octanol–water partition coefficient (Wildman–Crippen LogP) is 3.21. The molecule has 1 aromatic heterocycles. The molecule has 1 saturated heterocycles. The van der Waals surface area contributed by atoms with Gasteiger partial charge in [-0.3, -0.25) is 14.7 Å². The van der Waals surface area contributed by atoms with E-state index in [0.717, 1.165) is 38.2 Å². The van der Waals surface area contributed by atoms with Crippen molar-refractivity contribution in [3.05, 3.63) is 65.5 Å². The molecule has 2 atom stereocenters. The number of pyridine rings is 1. The Bertz CT molecular complexity index is 816. The standard InChI is InChI=1S/C23H29N3O2/c1-3-20(27)25-21-18-9-4-5-10-19(18)23(22(21)28-2)11-14-26(15-12-23)16-17-8-6-7-13-24-17/h4-10,13,21-22H,3,11-12,14-16H2,1-2H3,(H,25,27)/t21-,22+/m0/s1. The number of fused-ring (bicyclic) bond motifs is 2. The number of likely N-dealkylation sites (tertiary alicyclic amines) is 1. The maximum atomic E-state index is 12.2. The van der Waals surface area contributed by atoms with Crippen molar-refractivity contribution < 1.29 is 9.53 Å². The SMILES string of the molecule is CCC(=O)N[C@H]1c2ccccc2C2(CCN(Cc3ccccn3)CC2)[C@@H]1OC. The third-order valence-electron chi connectivity index (χ3n) is 6.43. The molecule has 1 aliphatic carbocycles. The van der Waals surface area contributed by atoms with E-state index in [1.54, 1.807) is 7.11 Å². The number of amides is 1. The van der Waals surface area contributed by atoms with Crippen molar-refractivity contribution in [2.45, 2.75) is 50.3 Å². The van der Waals surface area contributed by atoms with Gasteiger partial charge in [-0.25, -0.2) is 0 Å². The largest absolute Gasteiger partial charge is 0.378 e. The van der Waals surface area contributed by atoms with Gasteiger partial charge in [0.25, 0.3) is 0 Å². The van der Waals surface area contributed by atoms with Crippen molar-refractivity contribution in [1.29, 1.82) is 0 Å². The highest BCUT2D eigenvalue weighted by atomic mass is 16.5. The number of methoxy groups -OCH3 is 1. The van der Waals surface area contributed by atoms with E-state index in [9.17, 15) is 4.79 Å². The van der Waals surface area contributed by atoms with E-state index >= 15 is 0 Å². The van der Waals surface area contributed by atoms with Crippen LogP contribution in [0.3, 0.4) is 0 Å². The molecule has 28 heavy (non-hydrogen) atoms. The van der Waals surface area contributed by atoms with Crippen molar-refractivity contribution >= 4 is 5.91 Å². The molecule has 1 fully saturated rings. The third-order valence-corrected chi connectivity index (χ3v) is 6.43. The first-order valence-corrected chi connectivity index (χ1v) is 10.2. The average molecular weight is 380 g/mol. The molecule has 0 radical (unpaired) electrons. The summed E-state index contributed by atoms with van der Waals surface area (Å²) < 4.78 is 6.05. The molecule has 0 bridgehead atoms. The molecule has 1 spiro atoms. The minimum absolute atomic E-state index is 0.0302. The first kappa shape index (κ1) is 19.1. The second kappa shape index (κ2) is 8.02. The molecule has 1 aliphatic heterocycles. The monoisotopic (exact) mass is 379 g/mol. The Morgan fingerprint density at radius 2 is 1.96 bits per heavy atom. The zero-order chi connectivity index (χ0) is 19.6. The minimum atomic E-state index is -0.0732. The molecule has 148 valence electrons. The normalized spacial score (nSPS) is 23.5. The van der Waals surface area contributed by atoms with Crippen LogP contribution in [0.25, 0.3) is 0 Å². The average Bonchev–Trinajstić information content (AvgIpc) is 2.99. The Kier molecular flexibility index (Phi) is 5.47. The van der Waals surface area contributed by atoms with Gasteiger partial charge in [-0.05, 0) is 49.2 Å². The second-order valence-electron chi connectivity index (χ2n) is 7.90. The molecule has 2 aliphatic rings. The van der Waals surface area contributed by atoms with Crippen LogP contribution in [-0.2, 0) is 21.5 Å². The lowest BCUT2D eigenvalue weighted by Gasteiger charge is -2.44. The molecule has 2 heterocycles. The molecular formula is C23H29N3O2. The van der Waals surface area contributed by atoms with Crippen molar-refractivity contribution in [2.24, 2.45) is 0 Å². The Morgan fingerprint density at radius 3 is 2.64 bits per heavy atom. The number of benzene rings is 1. The number of carbonyl (C=O) groups excluding carboxylic acids is 1. The fourth-order valence-electron chi connectivity index (χ4n) is 5.03. The minimum Gasteiger partial charge on any atom is -0.378 e. The number of nitrogens with one attached hydrogen (secondary N) is 1. The van der Waals surface area contributed by atoms with Crippen LogP contribution in [0.5, 0.6) is 0 Å². The maximum absolute atomic E-state index is 12.2. The zero-order valence-corrected chi connectivity index (χ0v) is 16.7. The van der Waals surface area contributed by atoms with Gasteiger partial charge in [-0.1, -0.05) is 37.3 Å². The molecule has 0 saturated carbocycles. The summed E-state index contributed by atoms with van der Waals surface area (Å²) in [6.07, 6.45) is 4.36. The van der Waals surface area contributed by atoms with Crippen LogP contribution < -0.4 is 5.32 Å². The van der Waals surface area contributed by atoms with Gasteiger partial charge in [-0.15, -0.1) is 0 Å². The number of hydrogen-bond donors (Lipinski definition) is 1. The van der Waals surface area contributed by atoms with Gasteiger partial charge in [0.05, 0.1) is 17.8 Å². The first-order valence-electron chi connectivity index (χ1n) is 10.2. The van der Waals surface area contributed by atoms with Crippen molar-refractivity contribution in [2.75, 3.05) is 20.2 Å². The summed E-state index contributed by atoms with van der Waals surface area (Å²) in [5, 5.41) is 3.22. The number of nitrogens with zero attached hydrogens (tertiary/aromatic N) is 2. The number of hydrogen-bond acceptors (Lipinski definition) is 4. The van der Waals surface area contributed by atoms with Gasteiger partial charge < -0.3 is 10.1 Å². The van der Waals surface area contributed by atoms with Crippen molar-refractivity contribution in [1.82, 2.24) is 15.2 Å². The van der Waals surface area contributed by atoms with Crippen molar-refractivity contribution in [3.8, 4) is 0 Å². The third kappa shape index (κ3) is 3.33. The van der Waals surface area contributed by atoms with Crippen LogP contribution >= 0.6 is 0 Å². The number of aromatic nitrogens is 1. The Labute approximate surface area is 167 Å². The topological polar surface area (TPSA) is 54.5 Å². The Hall–Kier alpha value is -2.24. The summed E-state index contributed by atoms with van der Waals surface area (Å²) in [4.78, 5) is 19.1. The Balaban J connectivity index is 1.57. The highest BCUT2D eigenvalue weighted by Gasteiger charge is 2.53. The zero-order valence-electron chi connectivity index (χ0n) is 16.7. The van der Waals surface area contributed by atoms with Crippen LogP contribution in [0.1, 0.15) is 49.0 Å². The number of ether oxygens (including phenoxy) is 1. The van der Waals surface area contributed by atoms with Gasteiger partial charge in [-0.2, -0.15) is 0 Å². The lowest BCUT2D eigenvalue weighted by Crippen LogP contribution is -2.50. The molecule has 1 N–H and O–H groups in total. The highest BCUT2D eigenvalue weighted by molar-refractivity contribution is 5.76. The second-order valence-corrected chi connectivity index (χ2v) is 7.90. The highest BCUT2D eigenvalue weighted by Crippen LogP contribution is 2.52. The fraction of sp³-hybridized carbons (Fsp3) is 0.478. The molecule has 1 amide bonds. The van der Waals surface area contributed by atoms with Crippen LogP contribution in [0, 0.1) is 0 Å². The number of rotatable bonds is 5. The molecule has 0 unspecified atom stereocenters. The summed E-state index contributed by atoms with van der Waals surface area (Å²) in [6.45, 7) is 4.77. The summed E-state index contributed by atoms with van der Waals surface area (Å²) in [6, 6.07) is 14.6. The van der Waals surface area contributed by atoms with E-state index in [0.29, 0.717) is 6.42 Å². The smallest absolute Gasteiger partial charge is 0.220 e. The molecule has 2 aromatic rings. The molecule has 4 rings (SSSR count). The van der Waals surface area contributed by atoms with Gasteiger partial charge in [0.2, 0.25) is 5.91 Å². The lowest BCUT2D eigenvalue weighted by molar-refractivity contribution is -0.123. The van der Waals surface area contributed by atoms with E-state index in [-0.39, 0.29) is 23.5 Å². The summed E-state index contributed by atoms with van der Waals surface area (Å²) in [7, 11) is 1.78. The van der Waals surface area contributed by atoms with Crippen LogP contribution in [0.4, 0.5) is 0 Å².